The number of carbonyl (C=O) groups excluding carboxylic acids is 1. The molecule has 1 atom stereocenters. The highest BCUT2D eigenvalue weighted by Gasteiger charge is 2.42. The summed E-state index contributed by atoms with van der Waals surface area (Å²) in [7, 11) is 2.15. The van der Waals surface area contributed by atoms with Crippen molar-refractivity contribution in [2.24, 2.45) is 5.92 Å². The minimum atomic E-state index is -0.0630. The van der Waals surface area contributed by atoms with E-state index in [1.165, 1.54) is 0 Å². The number of quaternary nitrogens is 1. The Balaban J connectivity index is 2.05. The molecule has 1 unspecified atom stereocenters. The Kier molecular flexibility index (Phi) is 4.67. The molecule has 1 amide bonds. The Hall–Kier alpha value is -2.90. The first-order valence-corrected chi connectivity index (χ1v) is 8.94. The van der Waals surface area contributed by atoms with E-state index in [2.05, 4.69) is 31.4 Å². The zero-order valence-corrected chi connectivity index (χ0v) is 15.7. The molecule has 4 nitrogen and oxygen atoms in total. The number of nitrogens with zero attached hydrogens (tertiary/aromatic N) is 2. The second-order valence-corrected chi connectivity index (χ2v) is 7.08. The molecule has 0 saturated heterocycles. The van der Waals surface area contributed by atoms with E-state index in [0.717, 1.165) is 40.3 Å². The van der Waals surface area contributed by atoms with Gasteiger partial charge in [-0.15, -0.1) is 0 Å². The molecule has 1 heterocycles. The van der Waals surface area contributed by atoms with Gasteiger partial charge in [-0.25, -0.2) is 0 Å². The molecule has 26 heavy (non-hydrogen) atoms. The van der Waals surface area contributed by atoms with Crippen molar-refractivity contribution in [1.29, 1.82) is 5.26 Å². The van der Waals surface area contributed by atoms with Gasteiger partial charge in [-0.3, -0.25) is 9.28 Å². The molecule has 1 aliphatic rings. The number of rotatable bonds is 4. The number of fused-ring (bicyclic) bond motifs is 1. The third-order valence-corrected chi connectivity index (χ3v) is 5.13. The van der Waals surface area contributed by atoms with Crippen molar-refractivity contribution in [3.05, 3.63) is 59.7 Å². The van der Waals surface area contributed by atoms with Crippen molar-refractivity contribution < 1.29 is 4.79 Å². The molecule has 0 aromatic heterocycles. The van der Waals surface area contributed by atoms with E-state index in [-0.39, 0.29) is 11.8 Å². The molecule has 1 aliphatic heterocycles. The third kappa shape index (κ3) is 2.81. The number of nitrogens with one attached hydrogen (secondary N) is 1. The number of para-hydroxylation sites is 1. The first-order valence-electron chi connectivity index (χ1n) is 8.94. The van der Waals surface area contributed by atoms with Crippen LogP contribution in [0.5, 0.6) is 0 Å². The molecule has 0 radical (unpaired) electrons. The summed E-state index contributed by atoms with van der Waals surface area (Å²) < 4.78 is 0.594. The van der Waals surface area contributed by atoms with Crippen LogP contribution in [0, 0.1) is 17.2 Å². The molecule has 2 aromatic carbocycles. The molecule has 0 spiro atoms. The minimum Gasteiger partial charge on any atom is -0.326 e. The van der Waals surface area contributed by atoms with E-state index >= 15 is 0 Å². The number of carbonyl (C=O) groups is 1. The zero-order valence-electron chi connectivity index (χ0n) is 15.7. The van der Waals surface area contributed by atoms with Gasteiger partial charge in [0.1, 0.15) is 17.3 Å². The van der Waals surface area contributed by atoms with Gasteiger partial charge >= 0.3 is 0 Å². The smallest absolute Gasteiger partial charge is 0.226 e. The highest BCUT2D eigenvalue weighted by atomic mass is 16.1. The number of anilines is 1. The van der Waals surface area contributed by atoms with Gasteiger partial charge in [-0.05, 0) is 37.3 Å². The average molecular weight is 346 g/mol. The Bertz CT molecular complexity index is 919. The highest BCUT2D eigenvalue weighted by molar-refractivity contribution is 6.08. The van der Waals surface area contributed by atoms with Crippen molar-refractivity contribution in [3.8, 4) is 6.07 Å². The van der Waals surface area contributed by atoms with Crippen LogP contribution in [-0.2, 0) is 4.79 Å². The normalized spacial score (nSPS) is 18.6. The number of nitriles is 1. The molecular formula is C22H24N3O+. The Morgan fingerprint density at radius 3 is 2.38 bits per heavy atom. The number of hydrogen-bond donors (Lipinski definition) is 1. The van der Waals surface area contributed by atoms with Gasteiger partial charge in [0.25, 0.3) is 0 Å². The van der Waals surface area contributed by atoms with Crippen LogP contribution in [0.3, 0.4) is 0 Å². The van der Waals surface area contributed by atoms with Gasteiger partial charge in [-0.1, -0.05) is 26.0 Å². The van der Waals surface area contributed by atoms with E-state index < -0.39 is 0 Å². The minimum absolute atomic E-state index is 0.00266. The van der Waals surface area contributed by atoms with Crippen LogP contribution < -0.4 is 9.80 Å². The molecule has 0 fully saturated rings. The first kappa shape index (κ1) is 17.9. The predicted octanol–water partition coefficient (Wildman–Crippen LogP) is 4.64. The second-order valence-electron chi connectivity index (χ2n) is 7.08. The van der Waals surface area contributed by atoms with Crippen LogP contribution in [0.15, 0.2) is 48.5 Å². The summed E-state index contributed by atoms with van der Waals surface area (Å²) >= 11 is 0. The fourth-order valence-corrected chi connectivity index (χ4v) is 3.48. The molecule has 0 aliphatic carbocycles. The monoisotopic (exact) mass is 346 g/mol. The Labute approximate surface area is 155 Å². The van der Waals surface area contributed by atoms with Crippen molar-refractivity contribution in [1.82, 2.24) is 4.48 Å². The summed E-state index contributed by atoms with van der Waals surface area (Å²) in [4.78, 5) is 11.9. The lowest BCUT2D eigenvalue weighted by molar-refractivity contribution is -0.118. The van der Waals surface area contributed by atoms with E-state index in [9.17, 15) is 10.1 Å². The molecular weight excluding hydrogens is 322 g/mol. The average Bonchev–Trinajstić information content (AvgIpc) is 2.91. The topological polar surface area (TPSA) is 52.9 Å². The van der Waals surface area contributed by atoms with E-state index in [0.29, 0.717) is 4.48 Å². The van der Waals surface area contributed by atoms with Crippen molar-refractivity contribution >= 4 is 28.6 Å². The maximum absolute atomic E-state index is 11.9. The van der Waals surface area contributed by atoms with Crippen LogP contribution in [0.4, 0.5) is 11.4 Å². The van der Waals surface area contributed by atoms with Gasteiger partial charge in [0, 0.05) is 23.2 Å². The van der Waals surface area contributed by atoms with Crippen LogP contribution >= 0.6 is 0 Å². The fourth-order valence-electron chi connectivity index (χ4n) is 3.48. The maximum atomic E-state index is 11.9. The van der Waals surface area contributed by atoms with Crippen LogP contribution in [0.25, 0.3) is 11.3 Å². The zero-order chi connectivity index (χ0) is 18.9. The second kappa shape index (κ2) is 6.78. The van der Waals surface area contributed by atoms with Crippen LogP contribution in [-0.4, -0.2) is 19.5 Å². The lowest BCUT2D eigenvalue weighted by Crippen LogP contribution is -2.41. The van der Waals surface area contributed by atoms with E-state index in [1.54, 1.807) is 0 Å². The van der Waals surface area contributed by atoms with Crippen molar-refractivity contribution in [3.63, 3.8) is 0 Å². The Morgan fingerprint density at radius 1 is 1.15 bits per heavy atom. The van der Waals surface area contributed by atoms with E-state index in [1.807, 2.05) is 56.3 Å². The molecule has 3 rings (SSSR count). The summed E-state index contributed by atoms with van der Waals surface area (Å²) in [6, 6.07) is 18.3. The first-order chi connectivity index (χ1) is 12.4. The summed E-state index contributed by atoms with van der Waals surface area (Å²) in [5.74, 6) is -0.0657. The molecule has 2 aromatic rings. The predicted molar refractivity (Wildman–Crippen MR) is 107 cm³/mol. The molecule has 1 N–H and O–H groups in total. The largest absolute Gasteiger partial charge is 0.326 e. The molecule has 4 heteroatoms. The van der Waals surface area contributed by atoms with E-state index in [4.69, 9.17) is 0 Å². The SMILES string of the molecule is CC[N+]1(C)C(c2ccc(NC(=O)C(C)C)cc2)=C(C#N)c2ccccc21. The Morgan fingerprint density at radius 2 is 1.81 bits per heavy atom. The van der Waals surface area contributed by atoms with Crippen LogP contribution in [0.2, 0.25) is 0 Å². The number of hydrogen-bond acceptors (Lipinski definition) is 2. The maximum Gasteiger partial charge on any atom is 0.226 e. The standard InChI is InChI=1S/C22H23N3O/c1-5-25(4)20-9-7-6-8-18(20)19(14-23)21(25)16-10-12-17(13-11-16)24-22(26)15(2)3/h6-13,15H,5H2,1-4H3/p+1. The number of allylic oxidation sites excluding steroid dienone is 1. The third-order valence-electron chi connectivity index (χ3n) is 5.13. The van der Waals surface area contributed by atoms with Gasteiger partial charge < -0.3 is 5.32 Å². The fraction of sp³-hybridized carbons (Fsp3) is 0.273. The van der Waals surface area contributed by atoms with Gasteiger partial charge in [-0.2, -0.15) is 5.26 Å². The van der Waals surface area contributed by atoms with Gasteiger partial charge in [0.2, 0.25) is 5.91 Å². The van der Waals surface area contributed by atoms with Crippen molar-refractivity contribution in [2.45, 2.75) is 20.8 Å². The quantitative estimate of drug-likeness (QED) is 0.820. The highest BCUT2D eigenvalue weighted by Crippen LogP contribution is 2.47. The van der Waals surface area contributed by atoms with Crippen LogP contribution in [0.1, 0.15) is 31.9 Å². The lowest BCUT2D eigenvalue weighted by atomic mass is 10.0. The lowest BCUT2D eigenvalue weighted by Gasteiger charge is -2.31. The van der Waals surface area contributed by atoms with Gasteiger partial charge in [0.05, 0.1) is 19.2 Å². The molecule has 0 bridgehead atoms. The molecule has 132 valence electrons. The number of benzene rings is 2. The summed E-state index contributed by atoms with van der Waals surface area (Å²) in [5.41, 5.74) is 5.67. The van der Waals surface area contributed by atoms with Gasteiger partial charge in [0.15, 0.2) is 5.70 Å². The summed E-state index contributed by atoms with van der Waals surface area (Å²) in [5, 5.41) is 12.7. The number of amides is 1. The molecule has 0 saturated carbocycles. The summed E-state index contributed by atoms with van der Waals surface area (Å²) in [6.45, 7) is 6.72. The van der Waals surface area contributed by atoms with Crippen molar-refractivity contribution in [2.75, 3.05) is 18.9 Å². The summed E-state index contributed by atoms with van der Waals surface area (Å²) in [6.07, 6.45) is 0.